The average molecular weight is 543 g/mol. The van der Waals surface area contributed by atoms with Crippen molar-refractivity contribution < 1.29 is 45.3 Å². The summed E-state index contributed by atoms with van der Waals surface area (Å²) < 4.78 is 101. The zero-order chi connectivity index (χ0) is 27.3. The van der Waals surface area contributed by atoms with Gasteiger partial charge in [-0.3, -0.25) is 0 Å². The molecule has 206 valence electrons. The number of rotatable bonds is 10. The molecule has 0 aromatic heterocycles. The normalized spacial score (nSPS) is 18.2. The maximum absolute atomic E-state index is 15.2. The van der Waals surface area contributed by atoms with E-state index in [9.17, 15) is 22.0 Å². The highest BCUT2D eigenvalue weighted by molar-refractivity contribution is 5.84. The maximum atomic E-state index is 15.2. The minimum absolute atomic E-state index is 0.00604. The van der Waals surface area contributed by atoms with E-state index in [1.807, 2.05) is 0 Å². The lowest BCUT2D eigenvalue weighted by Gasteiger charge is -2.29. The lowest BCUT2D eigenvalue weighted by molar-refractivity contribution is -0.276. The van der Waals surface area contributed by atoms with Crippen molar-refractivity contribution in [1.82, 2.24) is 0 Å². The van der Waals surface area contributed by atoms with E-state index in [4.69, 9.17) is 14.2 Å². The van der Waals surface area contributed by atoms with Crippen LogP contribution in [0, 0.1) is 17.5 Å². The SMILES string of the molecule is CCCCCOC1COC(c2ccc3c(F)c(CCc4cc(F)c(OC(F)(F)F)c(F)c4)ccc3c2)OC1. The summed E-state index contributed by atoms with van der Waals surface area (Å²) in [6.45, 7) is 3.58. The highest BCUT2D eigenvalue weighted by atomic mass is 19.4. The number of fused-ring (bicyclic) bond motifs is 1. The van der Waals surface area contributed by atoms with Gasteiger partial charge in [-0.05, 0) is 54.0 Å². The first-order chi connectivity index (χ1) is 18.1. The van der Waals surface area contributed by atoms with Gasteiger partial charge in [0, 0.05) is 17.6 Å². The molecular weight excluding hydrogens is 514 g/mol. The molecule has 0 radical (unpaired) electrons. The zero-order valence-electron chi connectivity index (χ0n) is 20.8. The summed E-state index contributed by atoms with van der Waals surface area (Å²) >= 11 is 0. The zero-order valence-corrected chi connectivity index (χ0v) is 20.8. The second kappa shape index (κ2) is 12.4. The molecule has 1 fully saturated rings. The largest absolute Gasteiger partial charge is 0.573 e. The fourth-order valence-corrected chi connectivity index (χ4v) is 4.32. The minimum atomic E-state index is -5.22. The molecule has 0 unspecified atom stereocenters. The van der Waals surface area contributed by atoms with E-state index in [1.54, 1.807) is 30.3 Å². The van der Waals surface area contributed by atoms with E-state index in [1.165, 1.54) is 0 Å². The van der Waals surface area contributed by atoms with Crippen LogP contribution in [0.5, 0.6) is 5.75 Å². The average Bonchev–Trinajstić information content (AvgIpc) is 2.88. The molecule has 0 atom stereocenters. The van der Waals surface area contributed by atoms with Crippen molar-refractivity contribution in [3.05, 3.63) is 76.6 Å². The van der Waals surface area contributed by atoms with Crippen molar-refractivity contribution in [1.29, 1.82) is 0 Å². The Bertz CT molecular complexity index is 1210. The topological polar surface area (TPSA) is 36.9 Å². The fourth-order valence-electron chi connectivity index (χ4n) is 4.32. The van der Waals surface area contributed by atoms with Crippen LogP contribution >= 0.6 is 0 Å². The Hall–Kier alpha value is -2.82. The van der Waals surface area contributed by atoms with E-state index in [-0.39, 0.29) is 24.5 Å². The Labute approximate surface area is 216 Å². The molecule has 4 rings (SSSR count). The molecular formula is C28H28F6O4. The summed E-state index contributed by atoms with van der Waals surface area (Å²) in [5.41, 5.74) is 1.11. The van der Waals surface area contributed by atoms with Crippen LogP contribution in [0.15, 0.2) is 42.5 Å². The number of alkyl halides is 3. The molecule has 38 heavy (non-hydrogen) atoms. The number of hydrogen-bond acceptors (Lipinski definition) is 4. The van der Waals surface area contributed by atoms with Gasteiger partial charge in [0.1, 0.15) is 11.9 Å². The Kier molecular flexibility index (Phi) is 9.17. The van der Waals surface area contributed by atoms with Crippen LogP contribution in [0.25, 0.3) is 10.8 Å². The first kappa shape index (κ1) is 28.2. The monoisotopic (exact) mass is 542 g/mol. The van der Waals surface area contributed by atoms with E-state index >= 15 is 4.39 Å². The summed E-state index contributed by atoms with van der Waals surface area (Å²) in [6, 6.07) is 9.90. The van der Waals surface area contributed by atoms with Gasteiger partial charge in [0.2, 0.25) is 5.75 Å². The van der Waals surface area contributed by atoms with Gasteiger partial charge in [-0.25, -0.2) is 13.2 Å². The summed E-state index contributed by atoms with van der Waals surface area (Å²) in [4.78, 5) is 0. The van der Waals surface area contributed by atoms with Crippen LogP contribution in [0.3, 0.4) is 0 Å². The molecule has 1 aliphatic rings. The number of halogens is 6. The third kappa shape index (κ3) is 7.18. The van der Waals surface area contributed by atoms with Crippen LogP contribution in [0.4, 0.5) is 26.3 Å². The van der Waals surface area contributed by atoms with Crippen molar-refractivity contribution in [2.24, 2.45) is 0 Å². The van der Waals surface area contributed by atoms with Crippen molar-refractivity contribution in [2.45, 2.75) is 57.8 Å². The highest BCUT2D eigenvalue weighted by Crippen LogP contribution is 2.31. The van der Waals surface area contributed by atoms with E-state index < -0.39 is 35.9 Å². The molecule has 0 saturated carbocycles. The fraction of sp³-hybridized carbons (Fsp3) is 0.429. The first-order valence-electron chi connectivity index (χ1n) is 12.4. The van der Waals surface area contributed by atoms with Crippen molar-refractivity contribution in [3.63, 3.8) is 0 Å². The standard InChI is InChI=1S/C28H28F6O4/c1-2-3-4-11-35-21-15-36-27(37-16-21)20-9-10-22-19(14-20)8-7-18(25(22)31)6-5-17-12-23(29)26(24(30)13-17)38-28(32,33)34/h7-10,12-14,21,27H,2-6,11,15-16H2,1H3. The molecule has 3 aromatic carbocycles. The Morgan fingerprint density at radius 3 is 2.26 bits per heavy atom. The lowest BCUT2D eigenvalue weighted by Crippen LogP contribution is -2.33. The number of benzene rings is 3. The predicted molar refractivity (Wildman–Crippen MR) is 128 cm³/mol. The summed E-state index contributed by atoms with van der Waals surface area (Å²) in [5.74, 6) is -4.97. The number of aryl methyl sites for hydroxylation is 2. The summed E-state index contributed by atoms with van der Waals surface area (Å²) in [6.07, 6.45) is -2.64. The summed E-state index contributed by atoms with van der Waals surface area (Å²) in [5, 5.41) is 0.977. The van der Waals surface area contributed by atoms with E-state index in [2.05, 4.69) is 11.7 Å². The Balaban J connectivity index is 1.39. The van der Waals surface area contributed by atoms with Crippen molar-refractivity contribution >= 4 is 10.8 Å². The van der Waals surface area contributed by atoms with E-state index in [0.717, 1.165) is 37.0 Å². The van der Waals surface area contributed by atoms with Gasteiger partial charge in [-0.1, -0.05) is 44.0 Å². The quantitative estimate of drug-likeness (QED) is 0.196. The van der Waals surface area contributed by atoms with Gasteiger partial charge in [0.25, 0.3) is 0 Å². The number of unbranched alkanes of at least 4 members (excludes halogenated alkanes) is 2. The van der Waals surface area contributed by atoms with Gasteiger partial charge in [-0.15, -0.1) is 13.2 Å². The van der Waals surface area contributed by atoms with Crippen molar-refractivity contribution in [3.8, 4) is 5.75 Å². The molecule has 4 nitrogen and oxygen atoms in total. The first-order valence-corrected chi connectivity index (χ1v) is 12.4. The van der Waals surface area contributed by atoms with E-state index in [0.29, 0.717) is 36.2 Å². The molecule has 0 amide bonds. The molecule has 10 heteroatoms. The van der Waals surface area contributed by atoms with Crippen LogP contribution in [-0.2, 0) is 27.1 Å². The molecule has 0 spiro atoms. The lowest BCUT2D eigenvalue weighted by atomic mass is 9.98. The third-order valence-electron chi connectivity index (χ3n) is 6.26. The molecule has 0 N–H and O–H groups in total. The Morgan fingerprint density at radius 2 is 1.61 bits per heavy atom. The summed E-state index contributed by atoms with van der Waals surface area (Å²) in [7, 11) is 0. The van der Waals surface area contributed by atoms with Crippen LogP contribution < -0.4 is 4.74 Å². The van der Waals surface area contributed by atoms with Crippen LogP contribution in [0.1, 0.15) is 49.2 Å². The third-order valence-corrected chi connectivity index (χ3v) is 6.26. The molecule has 1 saturated heterocycles. The molecule has 1 heterocycles. The van der Waals surface area contributed by atoms with Gasteiger partial charge in [0.05, 0.1) is 13.2 Å². The van der Waals surface area contributed by atoms with Crippen molar-refractivity contribution in [2.75, 3.05) is 19.8 Å². The van der Waals surface area contributed by atoms with Gasteiger partial charge in [-0.2, -0.15) is 0 Å². The van der Waals surface area contributed by atoms with Gasteiger partial charge >= 0.3 is 6.36 Å². The Morgan fingerprint density at radius 1 is 0.895 bits per heavy atom. The molecule has 0 bridgehead atoms. The highest BCUT2D eigenvalue weighted by Gasteiger charge is 2.34. The molecule has 3 aromatic rings. The van der Waals surface area contributed by atoms with Crippen LogP contribution in [-0.4, -0.2) is 32.3 Å². The minimum Gasteiger partial charge on any atom is -0.399 e. The second-order valence-electron chi connectivity index (χ2n) is 9.15. The number of hydrogen-bond donors (Lipinski definition) is 0. The molecule has 0 aliphatic carbocycles. The predicted octanol–water partition coefficient (Wildman–Crippen LogP) is 7.56. The molecule has 1 aliphatic heterocycles. The second-order valence-corrected chi connectivity index (χ2v) is 9.15. The van der Waals surface area contributed by atoms with Crippen LogP contribution in [0.2, 0.25) is 0 Å². The maximum Gasteiger partial charge on any atom is 0.573 e. The smallest absolute Gasteiger partial charge is 0.399 e. The number of ether oxygens (including phenoxy) is 4. The van der Waals surface area contributed by atoms with Gasteiger partial charge < -0.3 is 18.9 Å². The van der Waals surface area contributed by atoms with Gasteiger partial charge in [0.15, 0.2) is 17.9 Å².